The molecule has 9 nitrogen and oxygen atoms in total. The summed E-state index contributed by atoms with van der Waals surface area (Å²) >= 11 is 2.38. The second-order valence-electron chi connectivity index (χ2n) is 9.11. The zero-order chi connectivity index (χ0) is 26.5. The Balaban J connectivity index is 1.61. The Kier molecular flexibility index (Phi) is 9.13. The first-order valence-corrected chi connectivity index (χ1v) is 13.6. The number of ether oxygens (including phenoxy) is 2. The van der Waals surface area contributed by atoms with E-state index in [1.807, 2.05) is 30.5 Å². The highest BCUT2D eigenvalue weighted by atomic mass is 32.2. The van der Waals surface area contributed by atoms with Gasteiger partial charge in [0.1, 0.15) is 10.6 Å². The van der Waals surface area contributed by atoms with Crippen molar-refractivity contribution < 1.29 is 19.1 Å². The molecule has 1 N–H and O–H groups in total. The van der Waals surface area contributed by atoms with Gasteiger partial charge in [-0.15, -0.1) is 10.2 Å². The van der Waals surface area contributed by atoms with Crippen LogP contribution in [0.4, 0.5) is 5.13 Å². The van der Waals surface area contributed by atoms with Gasteiger partial charge in [0.05, 0.1) is 18.1 Å². The molecule has 0 spiro atoms. The summed E-state index contributed by atoms with van der Waals surface area (Å²) in [5.74, 6) is 0.882. The summed E-state index contributed by atoms with van der Waals surface area (Å²) in [5, 5.41) is 12.3. The number of benzene rings is 1. The van der Waals surface area contributed by atoms with Crippen LogP contribution in [-0.2, 0) is 21.5 Å². The topological polar surface area (TPSA) is 108 Å². The average molecular weight is 532 g/mol. The number of nitrogens with zero attached hydrogens (tertiary/aromatic N) is 4. The van der Waals surface area contributed by atoms with Gasteiger partial charge in [-0.25, -0.2) is 9.78 Å². The van der Waals surface area contributed by atoms with E-state index in [-0.39, 0.29) is 29.8 Å². The molecule has 0 saturated carbocycles. The number of hydrogen-bond acceptors (Lipinski definition) is 9. The van der Waals surface area contributed by atoms with Crippen LogP contribution in [0.25, 0.3) is 0 Å². The fraction of sp³-hybridized carbons (Fsp3) is 0.480. The normalized spacial score (nSPS) is 12.3. The number of nitrogens with one attached hydrogen (secondary N) is 1. The smallest absolute Gasteiger partial charge is 0.350 e. The second kappa shape index (κ2) is 11.9. The van der Waals surface area contributed by atoms with Gasteiger partial charge in [-0.3, -0.25) is 4.79 Å². The minimum atomic E-state index is -0.438. The van der Waals surface area contributed by atoms with E-state index in [0.717, 1.165) is 17.1 Å². The minimum Gasteiger partial charge on any atom is -0.483 e. The number of anilines is 1. The standard InChI is InChI=1S/C25H33N5O4S2/c1-8-30-21(16(4)34-18-12-10-17(11-13-18)25(5,6)7)28-29-24(30)35-14-19(31)27-23-26-15(3)20(36-23)22(32)33-9-2/h10-13,16H,8-9,14H2,1-7H3,(H,26,27,31). The fourth-order valence-electron chi connectivity index (χ4n) is 3.42. The van der Waals surface area contributed by atoms with Crippen LogP contribution in [0.5, 0.6) is 5.75 Å². The quantitative estimate of drug-likeness (QED) is 0.273. The number of esters is 1. The molecule has 0 fully saturated rings. The van der Waals surface area contributed by atoms with Gasteiger partial charge in [0.15, 0.2) is 22.2 Å². The van der Waals surface area contributed by atoms with E-state index in [2.05, 4.69) is 53.4 Å². The number of hydrogen-bond donors (Lipinski definition) is 1. The summed E-state index contributed by atoms with van der Waals surface area (Å²) in [6, 6.07) is 8.09. The minimum absolute atomic E-state index is 0.0759. The predicted octanol–water partition coefficient (Wildman–Crippen LogP) is 5.41. The van der Waals surface area contributed by atoms with Crippen molar-refractivity contribution in [2.45, 2.75) is 71.7 Å². The maximum Gasteiger partial charge on any atom is 0.350 e. The number of thiazole rings is 1. The molecule has 11 heteroatoms. The van der Waals surface area contributed by atoms with Crippen LogP contribution in [0.15, 0.2) is 29.4 Å². The van der Waals surface area contributed by atoms with E-state index in [1.165, 1.54) is 17.3 Å². The van der Waals surface area contributed by atoms with Crippen LogP contribution in [0.3, 0.4) is 0 Å². The zero-order valence-electron chi connectivity index (χ0n) is 21.7. The zero-order valence-corrected chi connectivity index (χ0v) is 23.4. The van der Waals surface area contributed by atoms with E-state index < -0.39 is 5.97 Å². The Morgan fingerprint density at radius 1 is 1.17 bits per heavy atom. The van der Waals surface area contributed by atoms with Crippen molar-refractivity contribution >= 4 is 40.1 Å². The highest BCUT2D eigenvalue weighted by Gasteiger charge is 2.21. The summed E-state index contributed by atoms with van der Waals surface area (Å²) in [6.45, 7) is 14.8. The van der Waals surface area contributed by atoms with Gasteiger partial charge in [-0.05, 0) is 50.8 Å². The second-order valence-corrected chi connectivity index (χ2v) is 11.1. The molecule has 0 aliphatic heterocycles. The van der Waals surface area contributed by atoms with Crippen LogP contribution in [-0.4, -0.2) is 44.0 Å². The van der Waals surface area contributed by atoms with E-state index >= 15 is 0 Å². The van der Waals surface area contributed by atoms with Crippen molar-refractivity contribution in [2.24, 2.45) is 0 Å². The molecule has 1 amide bonds. The molecular formula is C25H33N5O4S2. The first kappa shape index (κ1) is 27.7. The Bertz CT molecular complexity index is 1200. The third-order valence-corrected chi connectivity index (χ3v) is 7.31. The van der Waals surface area contributed by atoms with Crippen LogP contribution in [0.2, 0.25) is 0 Å². The SMILES string of the molecule is CCOC(=O)c1sc(NC(=O)CSc2nnc(C(C)Oc3ccc(C(C)(C)C)cc3)n2CC)nc1C. The molecule has 0 aliphatic rings. The first-order valence-electron chi connectivity index (χ1n) is 11.8. The molecule has 2 aromatic heterocycles. The van der Waals surface area contributed by atoms with E-state index in [0.29, 0.717) is 33.2 Å². The molecule has 3 rings (SSSR count). The van der Waals surface area contributed by atoms with Crippen LogP contribution in [0.1, 0.15) is 74.4 Å². The summed E-state index contributed by atoms with van der Waals surface area (Å²) in [4.78, 5) is 29.1. The number of aromatic nitrogens is 4. The van der Waals surface area contributed by atoms with Gasteiger partial charge in [-0.1, -0.05) is 56.0 Å². The van der Waals surface area contributed by atoms with Gasteiger partial charge in [-0.2, -0.15) is 0 Å². The molecular weight excluding hydrogens is 498 g/mol. The molecule has 1 atom stereocenters. The van der Waals surface area contributed by atoms with Crippen molar-refractivity contribution in [1.29, 1.82) is 0 Å². The summed E-state index contributed by atoms with van der Waals surface area (Å²) < 4.78 is 13.1. The van der Waals surface area contributed by atoms with Gasteiger partial charge in [0.25, 0.3) is 0 Å². The molecule has 194 valence electrons. The third-order valence-electron chi connectivity index (χ3n) is 5.29. The van der Waals surface area contributed by atoms with E-state index in [9.17, 15) is 9.59 Å². The van der Waals surface area contributed by atoms with Crippen molar-refractivity contribution in [3.63, 3.8) is 0 Å². The number of thioether (sulfide) groups is 1. The Hall–Kier alpha value is -2.92. The highest BCUT2D eigenvalue weighted by molar-refractivity contribution is 7.99. The molecule has 0 saturated heterocycles. The molecule has 0 radical (unpaired) electrons. The van der Waals surface area contributed by atoms with Crippen molar-refractivity contribution in [1.82, 2.24) is 19.7 Å². The lowest BCUT2D eigenvalue weighted by atomic mass is 9.87. The predicted molar refractivity (Wildman–Crippen MR) is 142 cm³/mol. The van der Waals surface area contributed by atoms with Crippen LogP contribution in [0, 0.1) is 6.92 Å². The van der Waals surface area contributed by atoms with Crippen molar-refractivity contribution in [3.05, 3.63) is 46.2 Å². The van der Waals surface area contributed by atoms with Gasteiger partial charge in [0.2, 0.25) is 5.91 Å². The molecule has 3 aromatic rings. The van der Waals surface area contributed by atoms with Gasteiger partial charge in [0, 0.05) is 6.54 Å². The molecule has 1 aromatic carbocycles. The fourth-order valence-corrected chi connectivity index (χ4v) is 5.10. The molecule has 0 bridgehead atoms. The summed E-state index contributed by atoms with van der Waals surface area (Å²) in [7, 11) is 0. The van der Waals surface area contributed by atoms with Crippen LogP contribution < -0.4 is 10.1 Å². The molecule has 1 unspecified atom stereocenters. The van der Waals surface area contributed by atoms with Gasteiger partial charge >= 0.3 is 5.97 Å². The first-order chi connectivity index (χ1) is 17.0. The molecule has 0 aliphatic carbocycles. The Morgan fingerprint density at radius 2 is 1.86 bits per heavy atom. The number of amides is 1. The Morgan fingerprint density at radius 3 is 2.47 bits per heavy atom. The maximum atomic E-state index is 12.5. The lowest BCUT2D eigenvalue weighted by Crippen LogP contribution is -2.15. The maximum absolute atomic E-state index is 12.5. The van der Waals surface area contributed by atoms with Crippen molar-refractivity contribution in [3.8, 4) is 5.75 Å². The van der Waals surface area contributed by atoms with E-state index in [1.54, 1.807) is 13.8 Å². The summed E-state index contributed by atoms with van der Waals surface area (Å²) in [6.07, 6.45) is -0.319. The largest absolute Gasteiger partial charge is 0.483 e. The summed E-state index contributed by atoms with van der Waals surface area (Å²) in [5.41, 5.74) is 1.84. The number of rotatable bonds is 10. The number of carbonyl (C=O) groups excluding carboxylic acids is 2. The van der Waals surface area contributed by atoms with Gasteiger partial charge < -0.3 is 19.4 Å². The lowest BCUT2D eigenvalue weighted by Gasteiger charge is -2.20. The lowest BCUT2D eigenvalue weighted by molar-refractivity contribution is -0.113. The Labute approximate surface area is 220 Å². The van der Waals surface area contributed by atoms with Crippen LogP contribution >= 0.6 is 23.1 Å². The number of carbonyl (C=O) groups is 2. The third kappa shape index (κ3) is 6.85. The average Bonchev–Trinajstić information content (AvgIpc) is 3.40. The monoisotopic (exact) mass is 531 g/mol. The molecule has 2 heterocycles. The molecule has 36 heavy (non-hydrogen) atoms. The number of aryl methyl sites for hydroxylation is 1. The van der Waals surface area contributed by atoms with Crippen molar-refractivity contribution in [2.75, 3.05) is 17.7 Å². The van der Waals surface area contributed by atoms with E-state index in [4.69, 9.17) is 9.47 Å². The highest BCUT2D eigenvalue weighted by Crippen LogP contribution is 2.28.